The molecule has 106 valence electrons. The quantitative estimate of drug-likeness (QED) is 0.858. The van der Waals surface area contributed by atoms with Crippen LogP contribution in [0.2, 0.25) is 0 Å². The molecular formula is C15H25N3O. The fraction of sp³-hybridized carbons (Fsp3) is 0.533. The molecule has 0 saturated heterocycles. The van der Waals surface area contributed by atoms with Gasteiger partial charge in [-0.1, -0.05) is 26.0 Å². The number of rotatable bonds is 5. The van der Waals surface area contributed by atoms with Gasteiger partial charge in [0.1, 0.15) is 0 Å². The summed E-state index contributed by atoms with van der Waals surface area (Å²) in [7, 11) is 0. The van der Waals surface area contributed by atoms with Crippen molar-refractivity contribution < 1.29 is 4.79 Å². The zero-order chi connectivity index (χ0) is 14.5. The molecule has 1 rings (SSSR count). The molecule has 0 aliphatic rings. The van der Waals surface area contributed by atoms with Gasteiger partial charge in [0.25, 0.3) is 0 Å². The summed E-state index contributed by atoms with van der Waals surface area (Å²) in [4.78, 5) is 13.7. The highest BCUT2D eigenvalue weighted by Gasteiger charge is 2.18. The Kier molecular flexibility index (Phi) is 5.36. The highest BCUT2D eigenvalue weighted by molar-refractivity contribution is 5.89. The molecule has 0 heterocycles. The van der Waals surface area contributed by atoms with Gasteiger partial charge in [-0.15, -0.1) is 0 Å². The summed E-state index contributed by atoms with van der Waals surface area (Å²) < 4.78 is 0. The highest BCUT2D eigenvalue weighted by Crippen LogP contribution is 2.23. The van der Waals surface area contributed by atoms with Crippen LogP contribution in [0.15, 0.2) is 24.3 Å². The molecule has 0 saturated carbocycles. The van der Waals surface area contributed by atoms with Crippen LogP contribution in [0.1, 0.15) is 33.3 Å². The largest absolute Gasteiger partial charge is 0.330 e. The summed E-state index contributed by atoms with van der Waals surface area (Å²) >= 11 is 0. The third kappa shape index (κ3) is 3.96. The Hall–Kier alpha value is -1.55. The van der Waals surface area contributed by atoms with Gasteiger partial charge in [0.15, 0.2) is 0 Å². The Bertz CT molecular complexity index is 408. The molecule has 0 aromatic heterocycles. The van der Waals surface area contributed by atoms with Crippen molar-refractivity contribution in [2.24, 2.45) is 5.73 Å². The van der Waals surface area contributed by atoms with E-state index in [1.165, 1.54) is 5.56 Å². The van der Waals surface area contributed by atoms with Crippen LogP contribution in [0.25, 0.3) is 0 Å². The zero-order valence-corrected chi connectivity index (χ0v) is 12.4. The molecular weight excluding hydrogens is 238 g/mol. The molecule has 1 aromatic carbocycles. The van der Waals surface area contributed by atoms with E-state index in [0.29, 0.717) is 19.6 Å². The lowest BCUT2D eigenvalue weighted by Gasteiger charge is -2.23. The first-order chi connectivity index (χ1) is 8.94. The number of amides is 2. The molecule has 1 aromatic rings. The van der Waals surface area contributed by atoms with Crippen LogP contribution in [0.3, 0.4) is 0 Å². The number of nitrogens with one attached hydrogen (secondary N) is 1. The first-order valence-corrected chi connectivity index (χ1v) is 6.81. The maximum atomic E-state index is 11.9. The molecule has 0 spiro atoms. The molecule has 0 fully saturated rings. The van der Waals surface area contributed by atoms with Crippen molar-refractivity contribution >= 4 is 11.7 Å². The van der Waals surface area contributed by atoms with Crippen LogP contribution < -0.4 is 11.1 Å². The van der Waals surface area contributed by atoms with E-state index in [1.807, 2.05) is 38.1 Å². The maximum absolute atomic E-state index is 11.9. The average Bonchev–Trinajstić information content (AvgIpc) is 2.40. The second-order valence-corrected chi connectivity index (χ2v) is 5.27. The maximum Gasteiger partial charge on any atom is 0.321 e. The van der Waals surface area contributed by atoms with Crippen molar-refractivity contribution in [3.63, 3.8) is 0 Å². The standard InChI is InChI=1S/C15H25N3O/c1-5-18(6-2)14(19)17-13-9-7-12(8-10-13)15(3,4)11-16/h7-10H,5-6,11,16H2,1-4H3,(H,17,19). The predicted octanol–water partition coefficient (Wildman–Crippen LogP) is 2.80. The number of carbonyl (C=O) groups excluding carboxylic acids is 1. The van der Waals surface area contributed by atoms with Crippen LogP contribution in [0.5, 0.6) is 0 Å². The monoisotopic (exact) mass is 263 g/mol. The zero-order valence-electron chi connectivity index (χ0n) is 12.4. The van der Waals surface area contributed by atoms with Crippen molar-refractivity contribution in [1.82, 2.24) is 4.90 Å². The van der Waals surface area contributed by atoms with E-state index >= 15 is 0 Å². The lowest BCUT2D eigenvalue weighted by atomic mass is 9.85. The molecule has 4 heteroatoms. The summed E-state index contributed by atoms with van der Waals surface area (Å²) in [5.74, 6) is 0. The van der Waals surface area contributed by atoms with Gasteiger partial charge >= 0.3 is 6.03 Å². The van der Waals surface area contributed by atoms with Crippen molar-refractivity contribution in [1.29, 1.82) is 0 Å². The normalized spacial score (nSPS) is 11.2. The van der Waals surface area contributed by atoms with E-state index in [0.717, 1.165) is 5.69 Å². The first-order valence-electron chi connectivity index (χ1n) is 6.81. The second kappa shape index (κ2) is 6.57. The number of anilines is 1. The lowest BCUT2D eigenvalue weighted by Crippen LogP contribution is -2.34. The number of hydrogen-bond acceptors (Lipinski definition) is 2. The Labute approximate surface area is 116 Å². The van der Waals surface area contributed by atoms with Gasteiger partial charge in [-0.25, -0.2) is 4.79 Å². The molecule has 0 atom stereocenters. The lowest BCUT2D eigenvalue weighted by molar-refractivity contribution is 0.217. The highest BCUT2D eigenvalue weighted by atomic mass is 16.2. The van der Waals surface area contributed by atoms with Gasteiger partial charge in [0.05, 0.1) is 0 Å². The van der Waals surface area contributed by atoms with Gasteiger partial charge in [-0.2, -0.15) is 0 Å². The Morgan fingerprint density at radius 2 is 1.74 bits per heavy atom. The summed E-state index contributed by atoms with van der Waals surface area (Å²) in [6.45, 7) is 10.2. The first kappa shape index (κ1) is 15.5. The van der Waals surface area contributed by atoms with Gasteiger partial charge < -0.3 is 16.0 Å². The van der Waals surface area contributed by atoms with Crippen LogP contribution in [-0.4, -0.2) is 30.6 Å². The SMILES string of the molecule is CCN(CC)C(=O)Nc1ccc(C(C)(C)CN)cc1. The molecule has 0 radical (unpaired) electrons. The molecule has 0 aliphatic heterocycles. The molecule has 0 bridgehead atoms. The summed E-state index contributed by atoms with van der Waals surface area (Å²) in [5.41, 5.74) is 7.71. The van der Waals surface area contributed by atoms with Crippen LogP contribution in [-0.2, 0) is 5.41 Å². The summed E-state index contributed by atoms with van der Waals surface area (Å²) in [6, 6.07) is 7.83. The van der Waals surface area contributed by atoms with Crippen molar-refractivity contribution in [2.75, 3.05) is 25.0 Å². The topological polar surface area (TPSA) is 58.4 Å². The molecule has 3 N–H and O–H groups in total. The van der Waals surface area contributed by atoms with Gasteiger partial charge in [0, 0.05) is 30.7 Å². The average molecular weight is 263 g/mol. The fourth-order valence-electron chi connectivity index (χ4n) is 1.84. The van der Waals surface area contributed by atoms with Crippen LogP contribution in [0, 0.1) is 0 Å². The number of carbonyl (C=O) groups is 1. The van der Waals surface area contributed by atoms with Gasteiger partial charge in [-0.3, -0.25) is 0 Å². The number of urea groups is 1. The number of nitrogens with zero attached hydrogens (tertiary/aromatic N) is 1. The van der Waals surface area contributed by atoms with Crippen LogP contribution >= 0.6 is 0 Å². The number of nitrogens with two attached hydrogens (primary N) is 1. The van der Waals surface area contributed by atoms with E-state index in [4.69, 9.17) is 5.73 Å². The van der Waals surface area contributed by atoms with E-state index in [-0.39, 0.29) is 11.4 Å². The number of hydrogen-bond donors (Lipinski definition) is 2. The van der Waals surface area contributed by atoms with Crippen molar-refractivity contribution in [3.05, 3.63) is 29.8 Å². The Morgan fingerprint density at radius 1 is 1.21 bits per heavy atom. The van der Waals surface area contributed by atoms with Gasteiger partial charge in [0.2, 0.25) is 0 Å². The smallest absolute Gasteiger partial charge is 0.321 e. The third-order valence-corrected chi connectivity index (χ3v) is 3.48. The predicted molar refractivity (Wildman–Crippen MR) is 80.5 cm³/mol. The summed E-state index contributed by atoms with van der Waals surface area (Å²) in [5, 5.41) is 2.90. The fourth-order valence-corrected chi connectivity index (χ4v) is 1.84. The third-order valence-electron chi connectivity index (χ3n) is 3.48. The van der Waals surface area contributed by atoms with E-state index in [2.05, 4.69) is 19.2 Å². The Balaban J connectivity index is 2.75. The van der Waals surface area contributed by atoms with Crippen molar-refractivity contribution in [2.45, 2.75) is 33.1 Å². The van der Waals surface area contributed by atoms with Gasteiger partial charge in [-0.05, 0) is 31.5 Å². The molecule has 2 amide bonds. The minimum Gasteiger partial charge on any atom is -0.330 e. The van der Waals surface area contributed by atoms with Crippen LogP contribution in [0.4, 0.5) is 10.5 Å². The molecule has 0 unspecified atom stereocenters. The minimum atomic E-state index is -0.0594. The van der Waals surface area contributed by atoms with Crippen molar-refractivity contribution in [3.8, 4) is 0 Å². The Morgan fingerprint density at radius 3 is 2.16 bits per heavy atom. The second-order valence-electron chi connectivity index (χ2n) is 5.27. The number of benzene rings is 1. The molecule has 19 heavy (non-hydrogen) atoms. The molecule has 0 aliphatic carbocycles. The van der Waals surface area contributed by atoms with E-state index < -0.39 is 0 Å². The molecule has 4 nitrogen and oxygen atoms in total. The van der Waals surface area contributed by atoms with E-state index in [9.17, 15) is 4.79 Å². The van der Waals surface area contributed by atoms with E-state index in [1.54, 1.807) is 4.90 Å². The summed E-state index contributed by atoms with van der Waals surface area (Å²) in [6.07, 6.45) is 0. The minimum absolute atomic E-state index is 0.0403.